The molecule has 4 rings (SSSR count). The van der Waals surface area contributed by atoms with Crippen LogP contribution in [-0.4, -0.2) is 28.2 Å². The van der Waals surface area contributed by atoms with Gasteiger partial charge < -0.3 is 5.32 Å². The second-order valence-corrected chi connectivity index (χ2v) is 8.28. The van der Waals surface area contributed by atoms with Crippen LogP contribution in [-0.2, 0) is 11.2 Å². The molecule has 146 valence electrons. The van der Waals surface area contributed by atoms with Gasteiger partial charge in [-0.1, -0.05) is 51.8 Å². The molecule has 0 aliphatic carbocycles. The van der Waals surface area contributed by atoms with Gasteiger partial charge in [0, 0.05) is 27.7 Å². The molecule has 2 heterocycles. The molecule has 5 nitrogen and oxygen atoms in total. The Morgan fingerprint density at radius 2 is 2.00 bits per heavy atom. The number of amides is 2. The van der Waals surface area contributed by atoms with Crippen molar-refractivity contribution in [3.63, 3.8) is 0 Å². The number of benzene rings is 2. The van der Waals surface area contributed by atoms with Gasteiger partial charge in [0.1, 0.15) is 5.84 Å². The Morgan fingerprint density at radius 3 is 2.69 bits per heavy atom. The van der Waals surface area contributed by atoms with E-state index in [4.69, 9.17) is 16.6 Å². The normalized spacial score (nSPS) is 20.2. The van der Waals surface area contributed by atoms with E-state index in [1.54, 1.807) is 36.5 Å². The number of carbonyl (C=O) groups is 2. The summed E-state index contributed by atoms with van der Waals surface area (Å²) in [6.07, 6.45) is 5.58. The molecule has 0 unspecified atom stereocenters. The summed E-state index contributed by atoms with van der Waals surface area (Å²) in [5.74, 6) is -0.164. The highest BCUT2D eigenvalue weighted by molar-refractivity contribution is 9.10. The average molecular weight is 471 g/mol. The summed E-state index contributed by atoms with van der Waals surface area (Å²) < 4.78 is 0.932. The largest absolute Gasteiger partial charge is 0.320 e. The van der Waals surface area contributed by atoms with Crippen LogP contribution in [0.1, 0.15) is 22.8 Å². The van der Waals surface area contributed by atoms with Crippen LogP contribution in [0, 0.1) is 0 Å². The minimum atomic E-state index is -1.44. The predicted molar refractivity (Wildman–Crippen MR) is 117 cm³/mol. The van der Waals surface area contributed by atoms with Crippen molar-refractivity contribution in [1.82, 2.24) is 10.2 Å². The number of carbonyl (C=O) groups excluding carboxylic acids is 2. The number of aliphatic imine (C=N–C) groups is 1. The van der Waals surface area contributed by atoms with E-state index in [1.165, 1.54) is 4.90 Å². The zero-order valence-electron chi connectivity index (χ0n) is 15.5. The van der Waals surface area contributed by atoms with E-state index in [2.05, 4.69) is 21.2 Å². The number of nitrogens with zero attached hydrogens (tertiary/aromatic N) is 2. The van der Waals surface area contributed by atoms with Crippen LogP contribution in [0.4, 0.5) is 0 Å². The predicted octanol–water partition coefficient (Wildman–Crippen LogP) is 4.49. The third kappa shape index (κ3) is 3.78. The van der Waals surface area contributed by atoms with Gasteiger partial charge >= 0.3 is 0 Å². The summed E-state index contributed by atoms with van der Waals surface area (Å²) in [6, 6.07) is 14.2. The standard InChI is InChI=1S/C22H17BrClN3O2/c1-14-4-3-11-27-19(14)25-22(21(27)29,13-15-7-9-17(23)10-8-15)26-20(28)16-5-2-6-18(24)12-16/h2-12H,13H2,1H3,(H,26,28)/t22-/m0/s1. The summed E-state index contributed by atoms with van der Waals surface area (Å²) in [4.78, 5) is 32.6. The van der Waals surface area contributed by atoms with Gasteiger partial charge in [-0.3, -0.25) is 14.5 Å². The summed E-state index contributed by atoms with van der Waals surface area (Å²) in [7, 11) is 0. The monoisotopic (exact) mass is 469 g/mol. The quantitative estimate of drug-likeness (QED) is 0.716. The molecule has 0 saturated heterocycles. The summed E-state index contributed by atoms with van der Waals surface area (Å²) >= 11 is 9.45. The minimum absolute atomic E-state index is 0.229. The van der Waals surface area contributed by atoms with Crippen molar-refractivity contribution in [3.8, 4) is 0 Å². The fourth-order valence-corrected chi connectivity index (χ4v) is 3.83. The molecular weight excluding hydrogens is 454 g/mol. The van der Waals surface area contributed by atoms with Gasteiger partial charge in [0.15, 0.2) is 0 Å². The molecule has 29 heavy (non-hydrogen) atoms. The third-order valence-electron chi connectivity index (χ3n) is 4.81. The maximum atomic E-state index is 13.4. The van der Waals surface area contributed by atoms with Crippen molar-refractivity contribution in [2.24, 2.45) is 4.99 Å². The fraction of sp³-hybridized carbons (Fsp3) is 0.136. The Kier molecular flexibility index (Phi) is 5.15. The molecule has 2 aromatic rings. The van der Waals surface area contributed by atoms with Gasteiger partial charge in [0.05, 0.1) is 0 Å². The molecule has 2 amide bonds. The van der Waals surface area contributed by atoms with Crippen LogP contribution in [0.25, 0.3) is 0 Å². The van der Waals surface area contributed by atoms with E-state index < -0.39 is 11.6 Å². The molecule has 1 atom stereocenters. The van der Waals surface area contributed by atoms with Crippen LogP contribution in [0.2, 0.25) is 5.02 Å². The third-order valence-corrected chi connectivity index (χ3v) is 5.58. The first-order valence-corrected chi connectivity index (χ1v) is 10.2. The second kappa shape index (κ2) is 7.61. The van der Waals surface area contributed by atoms with E-state index in [0.717, 1.165) is 15.6 Å². The summed E-state index contributed by atoms with van der Waals surface area (Å²) in [5, 5.41) is 3.32. The molecule has 2 aliphatic rings. The van der Waals surface area contributed by atoms with Crippen LogP contribution < -0.4 is 5.32 Å². The first-order chi connectivity index (χ1) is 13.9. The molecule has 0 aromatic heterocycles. The molecule has 7 heteroatoms. The Labute approximate surface area is 181 Å². The van der Waals surface area contributed by atoms with Crippen molar-refractivity contribution < 1.29 is 9.59 Å². The Morgan fingerprint density at radius 1 is 1.24 bits per heavy atom. The molecule has 0 spiro atoms. The smallest absolute Gasteiger partial charge is 0.281 e. The lowest BCUT2D eigenvalue weighted by Gasteiger charge is -2.27. The van der Waals surface area contributed by atoms with E-state index in [9.17, 15) is 9.59 Å². The van der Waals surface area contributed by atoms with Crippen LogP contribution >= 0.6 is 27.5 Å². The molecule has 2 aliphatic heterocycles. The highest BCUT2D eigenvalue weighted by atomic mass is 79.9. The summed E-state index contributed by atoms with van der Waals surface area (Å²) in [6.45, 7) is 1.89. The van der Waals surface area contributed by atoms with Gasteiger partial charge in [-0.25, -0.2) is 4.99 Å². The number of nitrogens with one attached hydrogen (secondary N) is 1. The second-order valence-electron chi connectivity index (χ2n) is 6.93. The van der Waals surface area contributed by atoms with Gasteiger partial charge in [-0.2, -0.15) is 0 Å². The first-order valence-electron chi connectivity index (χ1n) is 8.99. The number of fused-ring (bicyclic) bond motifs is 1. The van der Waals surface area contributed by atoms with Crippen LogP contribution in [0.15, 0.2) is 81.9 Å². The van der Waals surface area contributed by atoms with Crippen LogP contribution in [0.5, 0.6) is 0 Å². The summed E-state index contributed by atoms with van der Waals surface area (Å²) in [5.41, 5.74) is 0.665. The molecule has 0 radical (unpaired) electrons. The highest BCUT2D eigenvalue weighted by Crippen LogP contribution is 2.30. The van der Waals surface area contributed by atoms with Crippen molar-refractivity contribution in [2.45, 2.75) is 19.0 Å². The SMILES string of the molecule is CC1=CC=CN2C(=O)[C@](Cc3ccc(Br)cc3)(NC(=O)c3cccc(Cl)c3)N=C12. The molecular formula is C22H17BrClN3O2. The van der Waals surface area contributed by atoms with Crippen molar-refractivity contribution >= 4 is 45.2 Å². The van der Waals surface area contributed by atoms with Crippen molar-refractivity contribution in [3.05, 3.63) is 93.1 Å². The van der Waals surface area contributed by atoms with Crippen molar-refractivity contribution in [2.75, 3.05) is 0 Å². The van der Waals surface area contributed by atoms with Gasteiger partial charge in [-0.05, 0) is 54.5 Å². The zero-order valence-corrected chi connectivity index (χ0v) is 17.9. The lowest BCUT2D eigenvalue weighted by Crippen LogP contribution is -2.55. The Hall–Kier alpha value is -2.70. The number of hydrogen-bond acceptors (Lipinski definition) is 3. The lowest BCUT2D eigenvalue weighted by atomic mass is 9.98. The fourth-order valence-electron chi connectivity index (χ4n) is 3.37. The van der Waals surface area contributed by atoms with E-state index in [-0.39, 0.29) is 12.3 Å². The zero-order chi connectivity index (χ0) is 20.6. The van der Waals surface area contributed by atoms with E-state index in [1.807, 2.05) is 37.3 Å². The van der Waals surface area contributed by atoms with Gasteiger partial charge in [0.2, 0.25) is 5.66 Å². The van der Waals surface area contributed by atoms with Crippen LogP contribution in [0.3, 0.4) is 0 Å². The minimum Gasteiger partial charge on any atom is -0.320 e. The maximum absolute atomic E-state index is 13.4. The van der Waals surface area contributed by atoms with Gasteiger partial charge in [0.25, 0.3) is 11.8 Å². The average Bonchev–Trinajstić information content (AvgIpc) is 2.97. The topological polar surface area (TPSA) is 61.8 Å². The number of hydrogen-bond donors (Lipinski definition) is 1. The van der Waals surface area contributed by atoms with E-state index in [0.29, 0.717) is 16.4 Å². The maximum Gasteiger partial charge on any atom is 0.281 e. The number of amidine groups is 1. The van der Waals surface area contributed by atoms with Gasteiger partial charge in [-0.15, -0.1) is 0 Å². The molecule has 0 saturated carbocycles. The first kappa shape index (κ1) is 19.6. The molecule has 1 N–H and O–H groups in total. The highest BCUT2D eigenvalue weighted by Gasteiger charge is 2.49. The number of halogens is 2. The molecule has 0 fully saturated rings. The molecule has 0 bridgehead atoms. The Balaban J connectivity index is 1.74. The Bertz CT molecular complexity index is 1090. The number of rotatable bonds is 4. The van der Waals surface area contributed by atoms with E-state index >= 15 is 0 Å². The molecule has 2 aromatic carbocycles. The van der Waals surface area contributed by atoms with Crippen molar-refractivity contribution in [1.29, 1.82) is 0 Å². The number of allylic oxidation sites excluding steroid dienone is 2. The lowest BCUT2D eigenvalue weighted by molar-refractivity contribution is -0.130.